The van der Waals surface area contributed by atoms with Crippen molar-refractivity contribution in [3.63, 3.8) is 0 Å². The Hall–Kier alpha value is -3.06. The molecule has 0 atom stereocenters. The minimum absolute atomic E-state index is 0.0234. The number of non-ortho nitro benzene ring substituents is 1. The molecule has 7 heteroatoms. The van der Waals surface area contributed by atoms with E-state index in [9.17, 15) is 22.9 Å². The van der Waals surface area contributed by atoms with E-state index >= 15 is 0 Å². The average molecular weight is 371 g/mol. The number of nitro groups is 1. The molecule has 3 rings (SSSR count). The van der Waals surface area contributed by atoms with Gasteiger partial charge in [0.2, 0.25) is 0 Å². The van der Waals surface area contributed by atoms with E-state index in [2.05, 4.69) is 0 Å². The second-order valence-corrected chi connectivity index (χ2v) is 7.71. The van der Waals surface area contributed by atoms with Gasteiger partial charge in [0.25, 0.3) is 5.69 Å². The first-order chi connectivity index (χ1) is 12.3. The summed E-state index contributed by atoms with van der Waals surface area (Å²) in [6.07, 6.45) is 0. The Bertz CT molecular complexity index is 1050. The molecule has 0 bridgehead atoms. The van der Waals surface area contributed by atoms with Crippen LogP contribution in [0.4, 0.5) is 10.1 Å². The number of benzene rings is 3. The van der Waals surface area contributed by atoms with Crippen LogP contribution in [0.25, 0.3) is 11.1 Å². The molecule has 0 aliphatic carbocycles. The average Bonchev–Trinajstić information content (AvgIpc) is 2.62. The van der Waals surface area contributed by atoms with Gasteiger partial charge in [0.1, 0.15) is 5.82 Å². The zero-order chi connectivity index (χ0) is 18.7. The highest BCUT2D eigenvalue weighted by Gasteiger charge is 2.17. The Labute approximate surface area is 149 Å². The third-order valence-electron chi connectivity index (χ3n) is 3.87. The first-order valence-electron chi connectivity index (χ1n) is 7.67. The van der Waals surface area contributed by atoms with Gasteiger partial charge >= 0.3 is 0 Å². The van der Waals surface area contributed by atoms with Crippen LogP contribution in [0.2, 0.25) is 0 Å². The summed E-state index contributed by atoms with van der Waals surface area (Å²) in [5.74, 6) is -0.578. The molecule has 0 saturated heterocycles. The third kappa shape index (κ3) is 3.94. The molecular weight excluding hydrogens is 357 g/mol. The van der Waals surface area contributed by atoms with E-state index in [1.165, 1.54) is 36.4 Å². The normalized spacial score (nSPS) is 11.3. The second kappa shape index (κ2) is 7.05. The highest BCUT2D eigenvalue weighted by Crippen LogP contribution is 2.24. The minimum atomic E-state index is -3.64. The van der Waals surface area contributed by atoms with Crippen molar-refractivity contribution < 1.29 is 17.7 Å². The summed E-state index contributed by atoms with van der Waals surface area (Å²) in [5.41, 5.74) is 1.97. The smallest absolute Gasteiger partial charge is 0.258 e. The van der Waals surface area contributed by atoms with Gasteiger partial charge < -0.3 is 0 Å². The first kappa shape index (κ1) is 17.8. The molecule has 3 aromatic carbocycles. The standard InChI is InChI=1S/C19H14FNO4S/c20-17-6-4-15(5-7-17)16-3-1-2-14(12-16)13-26(24,25)19-10-8-18(9-11-19)21(22)23/h1-12H,13H2. The minimum Gasteiger partial charge on any atom is -0.258 e. The third-order valence-corrected chi connectivity index (χ3v) is 5.57. The molecule has 0 aliphatic rings. The summed E-state index contributed by atoms with van der Waals surface area (Å²) in [6.45, 7) is 0. The molecule has 0 radical (unpaired) electrons. The Kier molecular flexibility index (Phi) is 4.81. The predicted molar refractivity (Wildman–Crippen MR) is 95.8 cm³/mol. The van der Waals surface area contributed by atoms with E-state index in [0.29, 0.717) is 5.56 Å². The summed E-state index contributed by atoms with van der Waals surface area (Å²) >= 11 is 0. The summed E-state index contributed by atoms with van der Waals surface area (Å²) in [4.78, 5) is 10.1. The molecule has 132 valence electrons. The molecule has 0 aromatic heterocycles. The topological polar surface area (TPSA) is 77.3 Å². The zero-order valence-corrected chi connectivity index (χ0v) is 14.3. The van der Waals surface area contributed by atoms with E-state index in [-0.39, 0.29) is 22.2 Å². The van der Waals surface area contributed by atoms with Crippen LogP contribution in [-0.2, 0) is 15.6 Å². The van der Waals surface area contributed by atoms with Crippen LogP contribution in [0, 0.1) is 15.9 Å². The molecule has 0 saturated carbocycles. The molecule has 0 fully saturated rings. The van der Waals surface area contributed by atoms with E-state index in [1.54, 1.807) is 30.3 Å². The summed E-state index contributed by atoms with van der Waals surface area (Å²) in [7, 11) is -3.64. The summed E-state index contributed by atoms with van der Waals surface area (Å²) < 4.78 is 38.2. The van der Waals surface area contributed by atoms with E-state index in [1.807, 2.05) is 6.07 Å². The number of nitrogens with zero attached hydrogens (tertiary/aromatic N) is 1. The number of halogens is 1. The monoisotopic (exact) mass is 371 g/mol. The van der Waals surface area contributed by atoms with Crippen molar-refractivity contribution >= 4 is 15.5 Å². The highest BCUT2D eigenvalue weighted by molar-refractivity contribution is 7.90. The van der Waals surface area contributed by atoms with Crippen LogP contribution in [0.3, 0.4) is 0 Å². The van der Waals surface area contributed by atoms with Crippen LogP contribution >= 0.6 is 0 Å². The Morgan fingerprint density at radius 1 is 0.885 bits per heavy atom. The quantitative estimate of drug-likeness (QED) is 0.493. The van der Waals surface area contributed by atoms with Crippen molar-refractivity contribution in [1.29, 1.82) is 0 Å². The van der Waals surface area contributed by atoms with Gasteiger partial charge in [0.05, 0.1) is 15.6 Å². The fourth-order valence-electron chi connectivity index (χ4n) is 2.56. The van der Waals surface area contributed by atoms with Gasteiger partial charge in [0, 0.05) is 12.1 Å². The lowest BCUT2D eigenvalue weighted by molar-refractivity contribution is -0.384. The van der Waals surface area contributed by atoms with E-state index in [4.69, 9.17) is 0 Å². The molecular formula is C19H14FNO4S. The molecule has 0 spiro atoms. The lowest BCUT2D eigenvalue weighted by Crippen LogP contribution is -2.05. The van der Waals surface area contributed by atoms with Crippen LogP contribution in [0.1, 0.15) is 5.56 Å². The molecule has 0 amide bonds. The molecule has 3 aromatic rings. The predicted octanol–water partition coefficient (Wildman–Crippen LogP) is 4.37. The van der Waals surface area contributed by atoms with Crippen LogP contribution in [-0.4, -0.2) is 13.3 Å². The fraction of sp³-hybridized carbons (Fsp3) is 0.0526. The summed E-state index contributed by atoms with van der Waals surface area (Å²) in [5, 5.41) is 10.7. The van der Waals surface area contributed by atoms with Gasteiger partial charge in [-0.3, -0.25) is 10.1 Å². The van der Waals surface area contributed by atoms with Gasteiger partial charge in [-0.1, -0.05) is 36.4 Å². The molecule has 0 N–H and O–H groups in total. The van der Waals surface area contributed by atoms with Crippen molar-refractivity contribution in [3.8, 4) is 11.1 Å². The van der Waals surface area contributed by atoms with Crippen molar-refractivity contribution in [3.05, 3.63) is 94.3 Å². The first-order valence-corrected chi connectivity index (χ1v) is 9.32. The number of nitro benzene ring substituents is 1. The maximum atomic E-state index is 13.0. The maximum Gasteiger partial charge on any atom is 0.269 e. The lowest BCUT2D eigenvalue weighted by Gasteiger charge is -2.07. The zero-order valence-electron chi connectivity index (χ0n) is 13.5. The largest absolute Gasteiger partial charge is 0.269 e. The number of sulfone groups is 1. The maximum absolute atomic E-state index is 13.0. The fourth-order valence-corrected chi connectivity index (χ4v) is 3.90. The Balaban J connectivity index is 1.87. The van der Waals surface area contributed by atoms with Gasteiger partial charge in [-0.05, 0) is 41.0 Å². The van der Waals surface area contributed by atoms with Crippen LogP contribution in [0.5, 0.6) is 0 Å². The number of rotatable bonds is 5. The van der Waals surface area contributed by atoms with Gasteiger partial charge in [-0.2, -0.15) is 0 Å². The van der Waals surface area contributed by atoms with Gasteiger partial charge in [-0.25, -0.2) is 12.8 Å². The van der Waals surface area contributed by atoms with Gasteiger partial charge in [0.15, 0.2) is 9.84 Å². The molecule has 0 heterocycles. The van der Waals surface area contributed by atoms with Crippen LogP contribution in [0.15, 0.2) is 77.7 Å². The molecule has 26 heavy (non-hydrogen) atoms. The SMILES string of the molecule is O=[N+]([O-])c1ccc(S(=O)(=O)Cc2cccc(-c3ccc(F)cc3)c2)cc1. The van der Waals surface area contributed by atoms with Crippen molar-refractivity contribution in [2.45, 2.75) is 10.6 Å². The van der Waals surface area contributed by atoms with Crippen LogP contribution < -0.4 is 0 Å². The molecule has 0 unspecified atom stereocenters. The Morgan fingerprint density at radius 2 is 1.54 bits per heavy atom. The number of hydrogen-bond donors (Lipinski definition) is 0. The van der Waals surface area contributed by atoms with E-state index in [0.717, 1.165) is 11.1 Å². The van der Waals surface area contributed by atoms with Crippen molar-refractivity contribution in [2.24, 2.45) is 0 Å². The highest BCUT2D eigenvalue weighted by atomic mass is 32.2. The van der Waals surface area contributed by atoms with Gasteiger partial charge in [-0.15, -0.1) is 0 Å². The summed E-state index contributed by atoms with van der Waals surface area (Å²) in [6, 6.07) is 17.7. The molecule has 5 nitrogen and oxygen atoms in total. The van der Waals surface area contributed by atoms with Crippen molar-refractivity contribution in [2.75, 3.05) is 0 Å². The molecule has 0 aliphatic heterocycles. The lowest BCUT2D eigenvalue weighted by atomic mass is 10.0. The van der Waals surface area contributed by atoms with Crippen molar-refractivity contribution in [1.82, 2.24) is 0 Å². The second-order valence-electron chi connectivity index (χ2n) is 5.72. The number of hydrogen-bond acceptors (Lipinski definition) is 4. The Morgan fingerprint density at radius 3 is 2.15 bits per heavy atom. The van der Waals surface area contributed by atoms with E-state index < -0.39 is 14.8 Å².